The molecule has 1 atom stereocenters. The molecule has 1 amide bonds. The Morgan fingerprint density at radius 2 is 2.04 bits per heavy atom. The number of aliphatic hydroxyl groups is 1. The minimum atomic E-state index is -0.254. The first-order chi connectivity index (χ1) is 11.0. The second-order valence-electron chi connectivity index (χ2n) is 5.45. The summed E-state index contributed by atoms with van der Waals surface area (Å²) in [4.78, 5) is 14.2. The van der Waals surface area contributed by atoms with Gasteiger partial charge >= 0.3 is 0 Å². The molecule has 6 nitrogen and oxygen atoms in total. The lowest BCUT2D eigenvalue weighted by molar-refractivity contribution is 0.102. The topological polar surface area (TPSA) is 78.4 Å². The number of carbonyl (C=O) groups is 1. The number of aromatic nitrogens is 2. The third kappa shape index (κ3) is 4.82. The number of anilines is 1. The van der Waals surface area contributed by atoms with E-state index < -0.39 is 0 Å². The first-order valence-corrected chi connectivity index (χ1v) is 8.39. The lowest BCUT2D eigenvalue weighted by atomic mass is 10.1. The van der Waals surface area contributed by atoms with Gasteiger partial charge in [0.2, 0.25) is 5.01 Å². The van der Waals surface area contributed by atoms with Gasteiger partial charge in [-0.05, 0) is 38.1 Å². The molecule has 124 valence electrons. The van der Waals surface area contributed by atoms with Crippen LogP contribution in [0.1, 0.15) is 34.2 Å². The predicted molar refractivity (Wildman–Crippen MR) is 91.7 cm³/mol. The van der Waals surface area contributed by atoms with Crippen LogP contribution < -0.4 is 5.32 Å². The molecular formula is C16H22N4O2S. The minimum Gasteiger partial charge on any atom is -0.395 e. The summed E-state index contributed by atoms with van der Waals surface area (Å²) in [5.41, 5.74) is 1.97. The van der Waals surface area contributed by atoms with Gasteiger partial charge in [0, 0.05) is 11.7 Å². The molecule has 1 unspecified atom stereocenters. The van der Waals surface area contributed by atoms with Crippen LogP contribution in [0.2, 0.25) is 0 Å². The Balaban J connectivity index is 1.97. The second kappa shape index (κ2) is 8.14. The molecule has 0 spiro atoms. The van der Waals surface area contributed by atoms with E-state index in [1.165, 1.54) is 16.9 Å². The maximum absolute atomic E-state index is 12.2. The number of nitrogens with one attached hydrogen (secondary N) is 1. The smallest absolute Gasteiger partial charge is 0.286 e. The zero-order valence-corrected chi connectivity index (χ0v) is 14.4. The fraction of sp³-hybridized carbons (Fsp3) is 0.438. The molecular weight excluding hydrogens is 312 g/mol. The molecule has 0 aliphatic heterocycles. The van der Waals surface area contributed by atoms with Gasteiger partial charge in [0.15, 0.2) is 0 Å². The largest absolute Gasteiger partial charge is 0.395 e. The summed E-state index contributed by atoms with van der Waals surface area (Å²) in [5.74, 6) is -0.254. The van der Waals surface area contributed by atoms with Gasteiger partial charge in [-0.15, -0.1) is 10.2 Å². The van der Waals surface area contributed by atoms with Crippen LogP contribution in [0.3, 0.4) is 0 Å². The van der Waals surface area contributed by atoms with Crippen molar-refractivity contribution in [3.63, 3.8) is 0 Å². The molecule has 0 saturated heterocycles. The van der Waals surface area contributed by atoms with Gasteiger partial charge in [-0.1, -0.05) is 30.4 Å². The monoisotopic (exact) mass is 334 g/mol. The Labute approximate surface area is 140 Å². The van der Waals surface area contributed by atoms with Crippen LogP contribution in [0.4, 0.5) is 5.69 Å². The maximum Gasteiger partial charge on any atom is 0.286 e. The fourth-order valence-corrected chi connectivity index (χ4v) is 2.72. The SMILES string of the molecule is CCc1ccc(NC(=O)c2nnc(CN(C)C(C)CO)s2)cc1. The van der Waals surface area contributed by atoms with Gasteiger partial charge < -0.3 is 10.4 Å². The van der Waals surface area contributed by atoms with Crippen molar-refractivity contribution in [3.05, 3.63) is 39.8 Å². The number of aliphatic hydroxyl groups excluding tert-OH is 1. The van der Waals surface area contributed by atoms with Crippen LogP contribution in [0.25, 0.3) is 0 Å². The van der Waals surface area contributed by atoms with E-state index in [1.807, 2.05) is 43.1 Å². The van der Waals surface area contributed by atoms with Crippen molar-refractivity contribution in [2.75, 3.05) is 19.0 Å². The molecule has 1 aromatic carbocycles. The lowest BCUT2D eigenvalue weighted by Crippen LogP contribution is -2.31. The Morgan fingerprint density at radius 1 is 1.35 bits per heavy atom. The average molecular weight is 334 g/mol. The van der Waals surface area contributed by atoms with Crippen molar-refractivity contribution in [2.45, 2.75) is 32.9 Å². The second-order valence-corrected chi connectivity index (χ2v) is 6.51. The number of rotatable bonds is 7. The summed E-state index contributed by atoms with van der Waals surface area (Å²) in [6.45, 7) is 4.65. The number of hydrogen-bond donors (Lipinski definition) is 2. The number of amides is 1. The Kier molecular flexibility index (Phi) is 6.20. The van der Waals surface area contributed by atoms with Crippen molar-refractivity contribution in [3.8, 4) is 0 Å². The number of hydrogen-bond acceptors (Lipinski definition) is 6. The van der Waals surface area contributed by atoms with E-state index in [4.69, 9.17) is 5.11 Å². The highest BCUT2D eigenvalue weighted by Gasteiger charge is 2.16. The van der Waals surface area contributed by atoms with Crippen molar-refractivity contribution >= 4 is 22.9 Å². The number of aryl methyl sites for hydroxylation is 1. The molecule has 7 heteroatoms. The van der Waals surface area contributed by atoms with E-state index >= 15 is 0 Å². The molecule has 0 bridgehead atoms. The lowest BCUT2D eigenvalue weighted by Gasteiger charge is -2.20. The fourth-order valence-electron chi connectivity index (χ4n) is 1.93. The van der Waals surface area contributed by atoms with Gasteiger partial charge in [0.1, 0.15) is 5.01 Å². The van der Waals surface area contributed by atoms with Crippen molar-refractivity contribution < 1.29 is 9.90 Å². The van der Waals surface area contributed by atoms with Crippen LogP contribution >= 0.6 is 11.3 Å². The van der Waals surface area contributed by atoms with Crippen molar-refractivity contribution in [1.82, 2.24) is 15.1 Å². The predicted octanol–water partition coefficient (Wildman–Crippen LogP) is 2.17. The highest BCUT2D eigenvalue weighted by atomic mass is 32.1. The summed E-state index contributed by atoms with van der Waals surface area (Å²) in [6.07, 6.45) is 0.966. The molecule has 2 aromatic rings. The maximum atomic E-state index is 12.2. The molecule has 2 N–H and O–H groups in total. The van der Waals surface area contributed by atoms with E-state index in [0.29, 0.717) is 11.6 Å². The van der Waals surface area contributed by atoms with Gasteiger partial charge in [-0.3, -0.25) is 9.69 Å². The van der Waals surface area contributed by atoms with Gasteiger partial charge in [-0.2, -0.15) is 0 Å². The number of nitrogens with zero attached hydrogens (tertiary/aromatic N) is 3. The first-order valence-electron chi connectivity index (χ1n) is 7.57. The third-order valence-electron chi connectivity index (χ3n) is 3.68. The molecule has 1 heterocycles. The molecule has 0 fully saturated rings. The van der Waals surface area contributed by atoms with Crippen LogP contribution in [-0.4, -0.2) is 45.8 Å². The standard InChI is InChI=1S/C16H22N4O2S/c1-4-12-5-7-13(8-6-12)17-15(22)16-19-18-14(23-16)9-20(3)11(2)10-21/h5-8,11,21H,4,9-10H2,1-3H3,(H,17,22). The van der Waals surface area contributed by atoms with Crippen LogP contribution in [0, 0.1) is 0 Å². The zero-order chi connectivity index (χ0) is 16.8. The van der Waals surface area contributed by atoms with Crippen molar-refractivity contribution in [1.29, 1.82) is 0 Å². The number of carbonyl (C=O) groups excluding carboxylic acids is 1. The summed E-state index contributed by atoms with van der Waals surface area (Å²) in [7, 11) is 1.90. The minimum absolute atomic E-state index is 0.0354. The Morgan fingerprint density at radius 3 is 2.65 bits per heavy atom. The molecule has 0 saturated carbocycles. The van der Waals surface area contributed by atoms with Crippen LogP contribution in [0.15, 0.2) is 24.3 Å². The molecule has 0 aliphatic rings. The van der Waals surface area contributed by atoms with E-state index in [0.717, 1.165) is 17.1 Å². The molecule has 0 aliphatic carbocycles. The Hall–Kier alpha value is -1.83. The summed E-state index contributed by atoms with van der Waals surface area (Å²) >= 11 is 1.27. The average Bonchev–Trinajstić information content (AvgIpc) is 3.03. The van der Waals surface area contributed by atoms with Crippen LogP contribution in [0.5, 0.6) is 0 Å². The summed E-state index contributed by atoms with van der Waals surface area (Å²) in [5, 5.41) is 21.1. The number of benzene rings is 1. The van der Waals surface area contributed by atoms with E-state index in [1.54, 1.807) is 0 Å². The third-order valence-corrected chi connectivity index (χ3v) is 4.59. The molecule has 1 aromatic heterocycles. The van der Waals surface area contributed by atoms with E-state index in [9.17, 15) is 4.79 Å². The quantitative estimate of drug-likeness (QED) is 0.811. The molecule has 0 radical (unpaired) electrons. The highest BCUT2D eigenvalue weighted by molar-refractivity contribution is 7.13. The van der Waals surface area contributed by atoms with E-state index in [2.05, 4.69) is 22.4 Å². The highest BCUT2D eigenvalue weighted by Crippen LogP contribution is 2.16. The van der Waals surface area contributed by atoms with Gasteiger partial charge in [0.25, 0.3) is 5.91 Å². The van der Waals surface area contributed by atoms with Crippen molar-refractivity contribution in [2.24, 2.45) is 0 Å². The van der Waals surface area contributed by atoms with E-state index in [-0.39, 0.29) is 18.6 Å². The number of likely N-dealkylation sites (N-methyl/N-ethyl adjacent to an activating group) is 1. The van der Waals surface area contributed by atoms with Gasteiger partial charge in [0.05, 0.1) is 13.2 Å². The van der Waals surface area contributed by atoms with Gasteiger partial charge in [-0.25, -0.2) is 0 Å². The first kappa shape index (κ1) is 17.5. The molecule has 23 heavy (non-hydrogen) atoms. The summed E-state index contributed by atoms with van der Waals surface area (Å²) in [6, 6.07) is 7.79. The summed E-state index contributed by atoms with van der Waals surface area (Å²) < 4.78 is 0. The normalized spacial score (nSPS) is 12.4. The zero-order valence-electron chi connectivity index (χ0n) is 13.6. The molecule has 2 rings (SSSR count). The van der Waals surface area contributed by atoms with Crippen LogP contribution in [-0.2, 0) is 13.0 Å². The Bertz CT molecular complexity index is 642.